The molecule has 0 amide bonds. The molecular formula is C20H25N3. The maximum atomic E-state index is 4.80. The molecule has 0 radical (unpaired) electrons. The third-order valence-electron chi connectivity index (χ3n) is 4.28. The summed E-state index contributed by atoms with van der Waals surface area (Å²) in [6.45, 7) is 5.38. The highest BCUT2D eigenvalue weighted by Crippen LogP contribution is 2.25. The van der Waals surface area contributed by atoms with Gasteiger partial charge in [-0.3, -0.25) is 0 Å². The van der Waals surface area contributed by atoms with Crippen LogP contribution in [0.4, 0.5) is 11.6 Å². The predicted octanol–water partition coefficient (Wildman–Crippen LogP) is 5.67. The standard InChI is InChI=1S/C20H25N3/c1-3-4-5-10-15-23-19-14-9-8-13-18(19)22-20(23)21-17-12-7-6-11-16(17)2/h6-9,11-14H,3-5,10,15H2,1-2H3,(H,21,22). The highest BCUT2D eigenvalue weighted by molar-refractivity contribution is 5.79. The average molecular weight is 307 g/mol. The van der Waals surface area contributed by atoms with Crippen molar-refractivity contribution in [2.24, 2.45) is 0 Å². The molecule has 3 nitrogen and oxygen atoms in total. The third-order valence-corrected chi connectivity index (χ3v) is 4.28. The van der Waals surface area contributed by atoms with Crippen LogP contribution in [0.5, 0.6) is 0 Å². The van der Waals surface area contributed by atoms with Gasteiger partial charge >= 0.3 is 0 Å². The van der Waals surface area contributed by atoms with Crippen LogP contribution >= 0.6 is 0 Å². The minimum Gasteiger partial charge on any atom is -0.325 e. The molecular weight excluding hydrogens is 282 g/mol. The minimum atomic E-state index is 0.942. The Morgan fingerprint density at radius 1 is 0.957 bits per heavy atom. The van der Waals surface area contributed by atoms with Gasteiger partial charge in [-0.25, -0.2) is 4.98 Å². The van der Waals surface area contributed by atoms with E-state index in [1.165, 1.54) is 36.8 Å². The molecule has 0 fully saturated rings. The molecule has 0 atom stereocenters. The molecule has 2 aromatic carbocycles. The molecule has 1 heterocycles. The van der Waals surface area contributed by atoms with Crippen LogP contribution in [-0.4, -0.2) is 9.55 Å². The van der Waals surface area contributed by atoms with Gasteiger partial charge in [-0.1, -0.05) is 56.5 Å². The van der Waals surface area contributed by atoms with E-state index in [1.54, 1.807) is 0 Å². The van der Waals surface area contributed by atoms with Crippen molar-refractivity contribution in [1.82, 2.24) is 9.55 Å². The summed E-state index contributed by atoms with van der Waals surface area (Å²) in [4.78, 5) is 4.80. The Hall–Kier alpha value is -2.29. The lowest BCUT2D eigenvalue weighted by molar-refractivity contribution is 0.595. The van der Waals surface area contributed by atoms with Crippen molar-refractivity contribution in [3.63, 3.8) is 0 Å². The Labute approximate surface area is 138 Å². The molecule has 1 N–H and O–H groups in total. The number of benzene rings is 2. The maximum absolute atomic E-state index is 4.80. The lowest BCUT2D eigenvalue weighted by atomic mass is 10.2. The van der Waals surface area contributed by atoms with E-state index in [-0.39, 0.29) is 0 Å². The van der Waals surface area contributed by atoms with Gasteiger partial charge in [0.2, 0.25) is 5.95 Å². The van der Waals surface area contributed by atoms with Gasteiger partial charge < -0.3 is 9.88 Å². The normalized spacial score (nSPS) is 11.0. The largest absolute Gasteiger partial charge is 0.325 e. The first-order valence-corrected chi connectivity index (χ1v) is 8.57. The fourth-order valence-corrected chi connectivity index (χ4v) is 2.93. The van der Waals surface area contributed by atoms with E-state index >= 15 is 0 Å². The van der Waals surface area contributed by atoms with E-state index < -0.39 is 0 Å². The van der Waals surface area contributed by atoms with E-state index in [9.17, 15) is 0 Å². The first-order chi connectivity index (χ1) is 11.3. The molecule has 0 bridgehead atoms. The molecule has 3 heteroatoms. The van der Waals surface area contributed by atoms with Crippen LogP contribution in [0.25, 0.3) is 11.0 Å². The quantitative estimate of drug-likeness (QED) is 0.570. The van der Waals surface area contributed by atoms with Gasteiger partial charge in [0.15, 0.2) is 0 Å². The number of para-hydroxylation sites is 3. The molecule has 0 unspecified atom stereocenters. The van der Waals surface area contributed by atoms with E-state index in [0.717, 1.165) is 23.7 Å². The first kappa shape index (κ1) is 15.6. The number of rotatable bonds is 7. The number of fused-ring (bicyclic) bond motifs is 1. The monoisotopic (exact) mass is 307 g/mol. The molecule has 3 aromatic rings. The molecule has 0 saturated carbocycles. The minimum absolute atomic E-state index is 0.942. The van der Waals surface area contributed by atoms with E-state index in [4.69, 9.17) is 4.98 Å². The summed E-state index contributed by atoms with van der Waals surface area (Å²) < 4.78 is 2.32. The van der Waals surface area contributed by atoms with Crippen molar-refractivity contribution in [3.8, 4) is 0 Å². The summed E-state index contributed by atoms with van der Waals surface area (Å²) in [7, 11) is 0. The third kappa shape index (κ3) is 3.55. The van der Waals surface area contributed by atoms with E-state index in [2.05, 4.69) is 66.2 Å². The van der Waals surface area contributed by atoms with Gasteiger partial charge in [-0.15, -0.1) is 0 Å². The number of nitrogens with zero attached hydrogens (tertiary/aromatic N) is 2. The van der Waals surface area contributed by atoms with E-state index in [1.807, 2.05) is 6.07 Å². The summed E-state index contributed by atoms with van der Waals surface area (Å²) >= 11 is 0. The summed E-state index contributed by atoms with van der Waals surface area (Å²) in [5.41, 5.74) is 4.62. The Morgan fingerprint density at radius 2 is 1.74 bits per heavy atom. The summed E-state index contributed by atoms with van der Waals surface area (Å²) in [6.07, 6.45) is 5.02. The van der Waals surface area contributed by atoms with Gasteiger partial charge in [0, 0.05) is 12.2 Å². The molecule has 23 heavy (non-hydrogen) atoms. The fraction of sp³-hybridized carbons (Fsp3) is 0.350. The zero-order valence-corrected chi connectivity index (χ0v) is 14.0. The number of aryl methyl sites for hydroxylation is 2. The maximum Gasteiger partial charge on any atom is 0.208 e. The predicted molar refractivity (Wildman–Crippen MR) is 98.3 cm³/mol. The van der Waals surface area contributed by atoms with Crippen molar-refractivity contribution in [2.75, 3.05) is 5.32 Å². The van der Waals surface area contributed by atoms with Crippen molar-refractivity contribution in [2.45, 2.75) is 46.1 Å². The number of unbranched alkanes of at least 4 members (excludes halogenated alkanes) is 3. The fourth-order valence-electron chi connectivity index (χ4n) is 2.93. The highest BCUT2D eigenvalue weighted by atomic mass is 15.2. The SMILES string of the molecule is CCCCCCn1c(Nc2ccccc2C)nc2ccccc21. The number of nitrogens with one attached hydrogen (secondary N) is 1. The van der Waals surface area contributed by atoms with Gasteiger partial charge in [0.25, 0.3) is 0 Å². The zero-order chi connectivity index (χ0) is 16.1. The molecule has 1 aromatic heterocycles. The Morgan fingerprint density at radius 3 is 2.57 bits per heavy atom. The number of aromatic nitrogens is 2. The van der Waals surface area contributed by atoms with Crippen LogP contribution in [0, 0.1) is 6.92 Å². The lowest BCUT2D eigenvalue weighted by Gasteiger charge is -2.12. The Kier molecular flexibility index (Phi) is 4.96. The Bertz CT molecular complexity index is 773. The summed E-state index contributed by atoms with van der Waals surface area (Å²) in [5.74, 6) is 0.942. The van der Waals surface area contributed by atoms with Crippen LogP contribution in [0.2, 0.25) is 0 Å². The molecule has 0 saturated heterocycles. The van der Waals surface area contributed by atoms with Gasteiger partial charge in [-0.05, 0) is 37.1 Å². The van der Waals surface area contributed by atoms with Crippen molar-refractivity contribution >= 4 is 22.7 Å². The number of hydrogen-bond acceptors (Lipinski definition) is 2. The van der Waals surface area contributed by atoms with Gasteiger partial charge in [0.1, 0.15) is 0 Å². The molecule has 0 aliphatic rings. The second-order valence-corrected chi connectivity index (χ2v) is 6.08. The topological polar surface area (TPSA) is 29.9 Å². The van der Waals surface area contributed by atoms with Crippen LogP contribution in [0.3, 0.4) is 0 Å². The zero-order valence-electron chi connectivity index (χ0n) is 14.0. The summed E-state index contributed by atoms with van der Waals surface area (Å²) in [6, 6.07) is 16.7. The second kappa shape index (κ2) is 7.32. The molecule has 3 rings (SSSR count). The molecule has 120 valence electrons. The average Bonchev–Trinajstić information content (AvgIpc) is 2.91. The Balaban J connectivity index is 1.90. The van der Waals surface area contributed by atoms with E-state index in [0.29, 0.717) is 0 Å². The van der Waals surface area contributed by atoms with Crippen molar-refractivity contribution < 1.29 is 0 Å². The highest BCUT2D eigenvalue weighted by Gasteiger charge is 2.11. The molecule has 0 spiro atoms. The van der Waals surface area contributed by atoms with Crippen LogP contribution in [0.1, 0.15) is 38.2 Å². The van der Waals surface area contributed by atoms with Crippen molar-refractivity contribution in [3.05, 3.63) is 54.1 Å². The molecule has 0 aliphatic carbocycles. The van der Waals surface area contributed by atoms with Crippen LogP contribution in [0.15, 0.2) is 48.5 Å². The van der Waals surface area contributed by atoms with Crippen LogP contribution < -0.4 is 5.32 Å². The summed E-state index contributed by atoms with van der Waals surface area (Å²) in [5, 5.41) is 3.52. The molecule has 0 aliphatic heterocycles. The van der Waals surface area contributed by atoms with Crippen molar-refractivity contribution in [1.29, 1.82) is 0 Å². The van der Waals surface area contributed by atoms with Gasteiger partial charge in [-0.2, -0.15) is 0 Å². The van der Waals surface area contributed by atoms with Crippen LogP contribution in [-0.2, 0) is 6.54 Å². The second-order valence-electron chi connectivity index (χ2n) is 6.08. The van der Waals surface area contributed by atoms with Gasteiger partial charge in [0.05, 0.1) is 11.0 Å². The number of hydrogen-bond donors (Lipinski definition) is 1. The number of imidazole rings is 1. The smallest absolute Gasteiger partial charge is 0.208 e. The lowest BCUT2D eigenvalue weighted by Crippen LogP contribution is -2.05. The first-order valence-electron chi connectivity index (χ1n) is 8.57. The number of anilines is 2.